The summed E-state index contributed by atoms with van der Waals surface area (Å²) in [6, 6.07) is 15.7. The van der Waals surface area contributed by atoms with Gasteiger partial charge in [-0.25, -0.2) is 4.98 Å². The first-order chi connectivity index (χ1) is 11.8. The first-order valence-electron chi connectivity index (χ1n) is 8.46. The molecule has 2 aromatic heterocycles. The number of allylic oxidation sites excluding steroid dienone is 1. The molecule has 0 fully saturated rings. The molecular weight excluding hydrogens is 296 g/mol. The maximum absolute atomic E-state index is 13.0. The van der Waals surface area contributed by atoms with Crippen molar-refractivity contribution in [3.63, 3.8) is 0 Å². The second-order valence-corrected chi connectivity index (χ2v) is 5.94. The van der Waals surface area contributed by atoms with Gasteiger partial charge in [-0.2, -0.15) is 0 Å². The third-order valence-corrected chi connectivity index (χ3v) is 4.22. The van der Waals surface area contributed by atoms with Crippen LogP contribution in [0.15, 0.2) is 72.2 Å². The standard InChI is InChI=1S/C21H22N2O/c1-2-3-4-5-9-15-23-20-18(13-10-14-22-20)16-19(21(23)24)17-11-7-6-8-12-17/h2,6-8,10-14,16H,1,3-5,9,15H2. The summed E-state index contributed by atoms with van der Waals surface area (Å²) in [5, 5.41) is 1.00. The van der Waals surface area contributed by atoms with Crippen molar-refractivity contribution >= 4 is 11.0 Å². The SMILES string of the molecule is C=CCCCCCn1c(=O)c(-c2ccccc2)cc2cccnc21. The topological polar surface area (TPSA) is 34.9 Å². The number of fused-ring (bicyclic) bond motifs is 1. The molecule has 0 unspecified atom stereocenters. The first kappa shape index (κ1) is 16.2. The lowest BCUT2D eigenvalue weighted by atomic mass is 10.1. The zero-order chi connectivity index (χ0) is 16.8. The molecule has 0 radical (unpaired) electrons. The molecule has 3 aromatic rings. The predicted octanol–water partition coefficient (Wildman–Crippen LogP) is 4.81. The number of pyridine rings is 2. The van der Waals surface area contributed by atoms with Gasteiger partial charge in [0.2, 0.25) is 0 Å². The zero-order valence-electron chi connectivity index (χ0n) is 13.8. The highest BCUT2D eigenvalue weighted by Gasteiger charge is 2.11. The Hall–Kier alpha value is -2.68. The minimum atomic E-state index is 0.0381. The lowest BCUT2D eigenvalue weighted by molar-refractivity contribution is 0.588. The Bertz CT molecular complexity index is 881. The van der Waals surface area contributed by atoms with Crippen LogP contribution in [0, 0.1) is 0 Å². The number of hydrogen-bond acceptors (Lipinski definition) is 2. The van der Waals surface area contributed by atoms with Crippen LogP contribution in [0.1, 0.15) is 25.7 Å². The van der Waals surface area contributed by atoms with E-state index in [1.807, 2.05) is 59.2 Å². The van der Waals surface area contributed by atoms with E-state index in [0.717, 1.165) is 47.8 Å². The molecule has 3 heteroatoms. The summed E-state index contributed by atoms with van der Waals surface area (Å²) in [6.07, 6.45) is 7.89. The summed E-state index contributed by atoms with van der Waals surface area (Å²) in [6.45, 7) is 4.45. The average Bonchev–Trinajstić information content (AvgIpc) is 2.63. The first-order valence-corrected chi connectivity index (χ1v) is 8.46. The summed E-state index contributed by atoms with van der Waals surface area (Å²) >= 11 is 0. The minimum absolute atomic E-state index is 0.0381. The van der Waals surface area contributed by atoms with Crippen molar-refractivity contribution in [2.75, 3.05) is 0 Å². The Morgan fingerprint density at radius 2 is 1.88 bits per heavy atom. The van der Waals surface area contributed by atoms with Gasteiger partial charge in [0.15, 0.2) is 0 Å². The van der Waals surface area contributed by atoms with Crippen LogP contribution in [0.3, 0.4) is 0 Å². The Kier molecular flexibility index (Phi) is 5.22. The Morgan fingerprint density at radius 1 is 1.04 bits per heavy atom. The van der Waals surface area contributed by atoms with E-state index in [2.05, 4.69) is 11.6 Å². The molecule has 1 aromatic carbocycles. The molecule has 24 heavy (non-hydrogen) atoms. The molecule has 3 rings (SSSR count). The van der Waals surface area contributed by atoms with Gasteiger partial charge >= 0.3 is 0 Å². The molecule has 0 amide bonds. The summed E-state index contributed by atoms with van der Waals surface area (Å²) in [4.78, 5) is 17.4. The fourth-order valence-corrected chi connectivity index (χ4v) is 2.97. The van der Waals surface area contributed by atoms with Gasteiger partial charge in [0.05, 0.1) is 0 Å². The van der Waals surface area contributed by atoms with Crippen LogP contribution in [0.4, 0.5) is 0 Å². The second kappa shape index (κ2) is 7.73. The van der Waals surface area contributed by atoms with E-state index >= 15 is 0 Å². The highest BCUT2D eigenvalue weighted by molar-refractivity contribution is 5.81. The largest absolute Gasteiger partial charge is 0.292 e. The van der Waals surface area contributed by atoms with Crippen molar-refractivity contribution in [2.45, 2.75) is 32.2 Å². The van der Waals surface area contributed by atoms with E-state index in [1.165, 1.54) is 0 Å². The number of unbranched alkanes of at least 4 members (excludes halogenated alkanes) is 3. The Morgan fingerprint density at radius 3 is 2.67 bits per heavy atom. The van der Waals surface area contributed by atoms with Crippen LogP contribution in [0.25, 0.3) is 22.2 Å². The molecule has 0 saturated carbocycles. The molecule has 0 aliphatic carbocycles. The van der Waals surface area contributed by atoms with Gasteiger partial charge in [-0.05, 0) is 43.0 Å². The van der Waals surface area contributed by atoms with Gasteiger partial charge in [-0.15, -0.1) is 6.58 Å². The van der Waals surface area contributed by atoms with E-state index < -0.39 is 0 Å². The molecule has 0 atom stereocenters. The van der Waals surface area contributed by atoms with Crippen molar-refractivity contribution in [3.8, 4) is 11.1 Å². The van der Waals surface area contributed by atoms with Gasteiger partial charge in [-0.3, -0.25) is 9.36 Å². The molecule has 0 saturated heterocycles. The molecule has 0 bridgehead atoms. The monoisotopic (exact) mass is 318 g/mol. The van der Waals surface area contributed by atoms with Crippen LogP contribution in [-0.2, 0) is 6.54 Å². The summed E-state index contributed by atoms with van der Waals surface area (Å²) in [5.74, 6) is 0. The summed E-state index contributed by atoms with van der Waals surface area (Å²) in [7, 11) is 0. The molecule has 2 heterocycles. The summed E-state index contributed by atoms with van der Waals surface area (Å²) < 4.78 is 1.82. The van der Waals surface area contributed by atoms with Crippen LogP contribution in [0.2, 0.25) is 0 Å². The van der Waals surface area contributed by atoms with Gasteiger partial charge < -0.3 is 0 Å². The van der Waals surface area contributed by atoms with Crippen LogP contribution in [0.5, 0.6) is 0 Å². The van der Waals surface area contributed by atoms with Crippen molar-refractivity contribution in [1.29, 1.82) is 0 Å². The molecule has 3 nitrogen and oxygen atoms in total. The van der Waals surface area contributed by atoms with Gasteiger partial charge in [-0.1, -0.05) is 42.8 Å². The van der Waals surface area contributed by atoms with Gasteiger partial charge in [0.25, 0.3) is 5.56 Å². The highest BCUT2D eigenvalue weighted by Crippen LogP contribution is 2.20. The maximum atomic E-state index is 13.0. The lowest BCUT2D eigenvalue weighted by Crippen LogP contribution is -2.23. The quantitative estimate of drug-likeness (QED) is 0.463. The van der Waals surface area contributed by atoms with E-state index in [1.54, 1.807) is 6.20 Å². The fraction of sp³-hybridized carbons (Fsp3) is 0.238. The minimum Gasteiger partial charge on any atom is -0.292 e. The normalized spacial score (nSPS) is 10.8. The molecule has 0 aliphatic heterocycles. The Labute approximate surface area is 142 Å². The predicted molar refractivity (Wildman–Crippen MR) is 100 cm³/mol. The second-order valence-electron chi connectivity index (χ2n) is 5.94. The number of hydrogen-bond donors (Lipinski definition) is 0. The number of nitrogens with zero attached hydrogens (tertiary/aromatic N) is 2. The van der Waals surface area contributed by atoms with Crippen molar-refractivity contribution in [1.82, 2.24) is 9.55 Å². The van der Waals surface area contributed by atoms with Crippen molar-refractivity contribution < 1.29 is 0 Å². The van der Waals surface area contributed by atoms with Gasteiger partial charge in [0.1, 0.15) is 5.65 Å². The number of aromatic nitrogens is 2. The van der Waals surface area contributed by atoms with E-state index in [0.29, 0.717) is 6.54 Å². The number of rotatable bonds is 7. The maximum Gasteiger partial charge on any atom is 0.260 e. The molecule has 0 N–H and O–H groups in total. The number of aryl methyl sites for hydroxylation is 1. The number of benzene rings is 1. The fourth-order valence-electron chi connectivity index (χ4n) is 2.97. The zero-order valence-corrected chi connectivity index (χ0v) is 13.8. The smallest absolute Gasteiger partial charge is 0.260 e. The Balaban J connectivity index is 2.00. The third kappa shape index (κ3) is 3.46. The van der Waals surface area contributed by atoms with E-state index in [9.17, 15) is 4.79 Å². The van der Waals surface area contributed by atoms with E-state index in [-0.39, 0.29) is 5.56 Å². The molecule has 0 spiro atoms. The van der Waals surface area contributed by atoms with Gasteiger partial charge in [0, 0.05) is 23.7 Å². The molecule has 0 aliphatic rings. The lowest BCUT2D eigenvalue weighted by Gasteiger charge is -2.12. The van der Waals surface area contributed by atoms with Crippen LogP contribution in [-0.4, -0.2) is 9.55 Å². The summed E-state index contributed by atoms with van der Waals surface area (Å²) in [5.41, 5.74) is 2.50. The average molecular weight is 318 g/mol. The van der Waals surface area contributed by atoms with Crippen molar-refractivity contribution in [3.05, 3.63) is 77.7 Å². The van der Waals surface area contributed by atoms with E-state index in [4.69, 9.17) is 0 Å². The van der Waals surface area contributed by atoms with Crippen LogP contribution >= 0.6 is 0 Å². The molecular formula is C21H22N2O. The molecule has 122 valence electrons. The third-order valence-electron chi connectivity index (χ3n) is 4.22. The van der Waals surface area contributed by atoms with Crippen molar-refractivity contribution in [2.24, 2.45) is 0 Å². The highest BCUT2D eigenvalue weighted by atomic mass is 16.1. The van der Waals surface area contributed by atoms with Crippen LogP contribution < -0.4 is 5.56 Å².